The van der Waals surface area contributed by atoms with E-state index in [9.17, 15) is 9.18 Å². The van der Waals surface area contributed by atoms with E-state index in [4.69, 9.17) is 5.11 Å². The molecule has 18 heavy (non-hydrogen) atoms. The van der Waals surface area contributed by atoms with Crippen molar-refractivity contribution in [2.45, 2.75) is 25.6 Å². The van der Waals surface area contributed by atoms with Gasteiger partial charge in [-0.3, -0.25) is 4.79 Å². The number of nitrogens with zero attached hydrogens (tertiary/aromatic N) is 1. The minimum absolute atomic E-state index is 0.0775. The van der Waals surface area contributed by atoms with Crippen LogP contribution in [0.3, 0.4) is 0 Å². The molecule has 2 unspecified atom stereocenters. The fraction of sp³-hybridized carbons (Fsp3) is 0.500. The summed E-state index contributed by atoms with van der Waals surface area (Å²) >= 11 is 0. The van der Waals surface area contributed by atoms with E-state index in [1.165, 1.54) is 0 Å². The largest absolute Gasteiger partial charge is 0.396 e. The lowest BCUT2D eigenvalue weighted by atomic mass is 10.0. The van der Waals surface area contributed by atoms with Crippen molar-refractivity contribution < 1.29 is 14.3 Å². The molecule has 1 aliphatic heterocycles. The summed E-state index contributed by atoms with van der Waals surface area (Å²) in [5.74, 6) is -0.835. The van der Waals surface area contributed by atoms with Crippen LogP contribution in [0, 0.1) is 5.92 Å². The van der Waals surface area contributed by atoms with Gasteiger partial charge in [-0.15, -0.1) is 0 Å². The molecule has 1 N–H and O–H groups in total. The minimum atomic E-state index is -1.47. The topological polar surface area (TPSA) is 40.5 Å². The van der Waals surface area contributed by atoms with Crippen LogP contribution in [0.1, 0.15) is 24.9 Å². The van der Waals surface area contributed by atoms with Gasteiger partial charge < -0.3 is 10.0 Å². The number of hydrogen-bond donors (Lipinski definition) is 1. The molecule has 3 atom stereocenters. The third kappa shape index (κ3) is 2.38. The zero-order valence-corrected chi connectivity index (χ0v) is 10.4. The molecule has 1 amide bonds. The maximum Gasteiger partial charge on any atom is 0.257 e. The number of rotatable bonds is 4. The van der Waals surface area contributed by atoms with Crippen LogP contribution in [0.4, 0.5) is 4.39 Å². The molecule has 1 aliphatic rings. The summed E-state index contributed by atoms with van der Waals surface area (Å²) in [5.41, 5.74) is 1.00. The summed E-state index contributed by atoms with van der Waals surface area (Å²) in [6.07, 6.45) is -1.13. The highest BCUT2D eigenvalue weighted by molar-refractivity contribution is 5.83. The SMILES string of the molecule is C[C@H](c1ccccc1)N1CC(CCO)C(F)C1=O. The smallest absolute Gasteiger partial charge is 0.257 e. The molecule has 4 heteroatoms. The van der Waals surface area contributed by atoms with Crippen molar-refractivity contribution in [1.82, 2.24) is 4.90 Å². The molecule has 1 fully saturated rings. The van der Waals surface area contributed by atoms with Gasteiger partial charge in [-0.05, 0) is 18.9 Å². The second-order valence-electron chi connectivity index (χ2n) is 4.75. The predicted molar refractivity (Wildman–Crippen MR) is 66.7 cm³/mol. The Hall–Kier alpha value is -1.42. The summed E-state index contributed by atoms with van der Waals surface area (Å²) in [5, 5.41) is 8.88. The Labute approximate surface area is 106 Å². The Balaban J connectivity index is 2.12. The maximum absolute atomic E-state index is 13.8. The molecule has 2 rings (SSSR count). The Morgan fingerprint density at radius 3 is 2.72 bits per heavy atom. The summed E-state index contributed by atoms with van der Waals surface area (Å²) in [6, 6.07) is 9.47. The molecule has 98 valence electrons. The lowest BCUT2D eigenvalue weighted by molar-refractivity contribution is -0.133. The maximum atomic E-state index is 13.8. The van der Waals surface area contributed by atoms with E-state index in [2.05, 4.69) is 0 Å². The molecule has 0 bridgehead atoms. The van der Waals surface area contributed by atoms with Crippen LogP contribution in [0.5, 0.6) is 0 Å². The molecule has 1 aromatic rings. The number of alkyl halides is 1. The van der Waals surface area contributed by atoms with Crippen LogP contribution in [0.15, 0.2) is 30.3 Å². The third-order valence-electron chi connectivity index (χ3n) is 3.61. The standard InChI is InChI=1S/C14H18FNO2/c1-10(11-5-3-2-4-6-11)16-9-12(7-8-17)13(15)14(16)18/h2-6,10,12-13,17H,7-9H2,1H3/t10-,12?,13?/m1/s1. The average Bonchev–Trinajstić information content (AvgIpc) is 2.68. The summed E-state index contributed by atoms with van der Waals surface area (Å²) in [6.45, 7) is 2.21. The molecule has 1 saturated heterocycles. The highest BCUT2D eigenvalue weighted by atomic mass is 19.1. The van der Waals surface area contributed by atoms with Gasteiger partial charge in [0, 0.05) is 19.1 Å². The fourth-order valence-corrected chi connectivity index (χ4v) is 2.46. The van der Waals surface area contributed by atoms with Gasteiger partial charge in [0.25, 0.3) is 5.91 Å². The number of halogens is 1. The Kier molecular flexibility index (Phi) is 3.97. The highest BCUT2D eigenvalue weighted by Gasteiger charge is 2.42. The lowest BCUT2D eigenvalue weighted by Crippen LogP contribution is -2.30. The summed E-state index contributed by atoms with van der Waals surface area (Å²) < 4.78 is 13.8. The number of aliphatic hydroxyl groups is 1. The van der Waals surface area contributed by atoms with E-state index in [-0.39, 0.29) is 18.6 Å². The quantitative estimate of drug-likeness (QED) is 0.888. The molecular weight excluding hydrogens is 233 g/mol. The van der Waals surface area contributed by atoms with Gasteiger partial charge in [-0.25, -0.2) is 4.39 Å². The van der Waals surface area contributed by atoms with Crippen molar-refractivity contribution in [2.24, 2.45) is 5.92 Å². The number of amides is 1. The average molecular weight is 251 g/mol. The second kappa shape index (κ2) is 5.48. The van der Waals surface area contributed by atoms with Gasteiger partial charge in [-0.1, -0.05) is 30.3 Å². The van der Waals surface area contributed by atoms with Crippen LogP contribution in [0.2, 0.25) is 0 Å². The molecular formula is C14H18FNO2. The Morgan fingerprint density at radius 1 is 1.44 bits per heavy atom. The van der Waals surface area contributed by atoms with Crippen LogP contribution in [-0.4, -0.2) is 35.2 Å². The number of carbonyl (C=O) groups is 1. The monoisotopic (exact) mass is 251 g/mol. The molecule has 0 spiro atoms. The first-order valence-electron chi connectivity index (χ1n) is 6.25. The first kappa shape index (κ1) is 13.0. The molecule has 1 heterocycles. The first-order chi connectivity index (χ1) is 8.65. The molecule has 0 aliphatic carbocycles. The van der Waals surface area contributed by atoms with Crippen molar-refractivity contribution in [3.05, 3.63) is 35.9 Å². The summed E-state index contributed by atoms with van der Waals surface area (Å²) in [4.78, 5) is 13.4. The van der Waals surface area contributed by atoms with Crippen LogP contribution in [0.25, 0.3) is 0 Å². The number of carbonyl (C=O) groups excluding carboxylic acids is 1. The van der Waals surface area contributed by atoms with Gasteiger partial charge in [0.2, 0.25) is 0 Å². The van der Waals surface area contributed by atoms with Crippen molar-refractivity contribution in [3.63, 3.8) is 0 Å². The van der Waals surface area contributed by atoms with Crippen LogP contribution in [-0.2, 0) is 4.79 Å². The predicted octanol–water partition coefficient (Wildman–Crippen LogP) is 1.93. The number of benzene rings is 1. The van der Waals surface area contributed by atoms with Gasteiger partial charge in [0.1, 0.15) is 0 Å². The lowest BCUT2D eigenvalue weighted by Gasteiger charge is -2.24. The van der Waals surface area contributed by atoms with E-state index < -0.39 is 12.1 Å². The fourth-order valence-electron chi connectivity index (χ4n) is 2.46. The van der Waals surface area contributed by atoms with E-state index in [1.807, 2.05) is 37.3 Å². The Bertz CT molecular complexity index is 410. The van der Waals surface area contributed by atoms with Crippen molar-refractivity contribution in [1.29, 1.82) is 0 Å². The summed E-state index contributed by atoms with van der Waals surface area (Å²) in [7, 11) is 0. The van der Waals surface area contributed by atoms with Gasteiger partial charge >= 0.3 is 0 Å². The zero-order valence-electron chi connectivity index (χ0n) is 10.4. The van der Waals surface area contributed by atoms with Crippen LogP contribution >= 0.6 is 0 Å². The Morgan fingerprint density at radius 2 is 2.11 bits per heavy atom. The molecule has 0 radical (unpaired) electrons. The number of aliphatic hydroxyl groups excluding tert-OH is 1. The minimum Gasteiger partial charge on any atom is -0.396 e. The van der Waals surface area contributed by atoms with E-state index in [0.29, 0.717) is 13.0 Å². The number of hydrogen-bond acceptors (Lipinski definition) is 2. The molecule has 1 aromatic carbocycles. The zero-order chi connectivity index (χ0) is 13.1. The van der Waals surface area contributed by atoms with Crippen LogP contribution < -0.4 is 0 Å². The van der Waals surface area contributed by atoms with Gasteiger partial charge in [0.05, 0.1) is 6.04 Å². The van der Waals surface area contributed by atoms with E-state index in [0.717, 1.165) is 5.56 Å². The highest BCUT2D eigenvalue weighted by Crippen LogP contribution is 2.31. The molecule has 0 saturated carbocycles. The van der Waals surface area contributed by atoms with Crippen molar-refractivity contribution in [3.8, 4) is 0 Å². The van der Waals surface area contributed by atoms with E-state index >= 15 is 0 Å². The van der Waals surface area contributed by atoms with Gasteiger partial charge in [-0.2, -0.15) is 0 Å². The van der Waals surface area contributed by atoms with Gasteiger partial charge in [0.15, 0.2) is 6.17 Å². The van der Waals surface area contributed by atoms with E-state index in [1.54, 1.807) is 4.90 Å². The number of likely N-dealkylation sites (tertiary alicyclic amines) is 1. The van der Waals surface area contributed by atoms with Crippen molar-refractivity contribution >= 4 is 5.91 Å². The second-order valence-corrected chi connectivity index (χ2v) is 4.75. The normalized spacial score (nSPS) is 25.5. The third-order valence-corrected chi connectivity index (χ3v) is 3.61. The molecule has 3 nitrogen and oxygen atoms in total. The first-order valence-corrected chi connectivity index (χ1v) is 6.25. The van der Waals surface area contributed by atoms with Crippen molar-refractivity contribution in [2.75, 3.05) is 13.2 Å². The molecule has 0 aromatic heterocycles.